The summed E-state index contributed by atoms with van der Waals surface area (Å²) < 4.78 is 15.1. The molecule has 2 heterocycles. The van der Waals surface area contributed by atoms with Crippen molar-refractivity contribution in [1.29, 1.82) is 0 Å². The molecule has 1 aromatic carbocycles. The maximum absolute atomic E-state index is 12.3. The number of nitrogens with zero attached hydrogens (tertiary/aromatic N) is 2. The normalized spacial score (nSPS) is 16.8. The van der Waals surface area contributed by atoms with Crippen molar-refractivity contribution in [3.8, 4) is 0 Å². The summed E-state index contributed by atoms with van der Waals surface area (Å²) in [6.45, 7) is 0.394. The molecule has 9 nitrogen and oxygen atoms in total. The highest BCUT2D eigenvalue weighted by atomic mass is 16.5. The third kappa shape index (κ3) is 2.97. The molecule has 0 unspecified atom stereocenters. The number of hydrogen-bond donors (Lipinski definition) is 1. The fourth-order valence-electron chi connectivity index (χ4n) is 2.95. The van der Waals surface area contributed by atoms with Crippen LogP contribution in [0.25, 0.3) is 0 Å². The Kier molecular flexibility index (Phi) is 4.81. The van der Waals surface area contributed by atoms with E-state index in [4.69, 9.17) is 14.2 Å². The van der Waals surface area contributed by atoms with E-state index < -0.39 is 11.9 Å². The SMILES string of the molecule is COC(=O)C1=C(C(=O)OC)N(c2ccc3c(c2)CNC(=O)N3C)COC1. The zero-order valence-corrected chi connectivity index (χ0v) is 14.7. The van der Waals surface area contributed by atoms with Crippen molar-refractivity contribution in [1.82, 2.24) is 5.32 Å². The van der Waals surface area contributed by atoms with Gasteiger partial charge in [0.15, 0.2) is 0 Å². The molecule has 0 spiro atoms. The van der Waals surface area contributed by atoms with Gasteiger partial charge in [0.1, 0.15) is 12.4 Å². The number of nitrogens with one attached hydrogen (secondary N) is 1. The molecule has 1 aromatic rings. The van der Waals surface area contributed by atoms with Crippen molar-refractivity contribution in [2.24, 2.45) is 0 Å². The molecule has 2 aliphatic rings. The highest BCUT2D eigenvalue weighted by Gasteiger charge is 2.33. The van der Waals surface area contributed by atoms with Crippen molar-refractivity contribution in [3.05, 3.63) is 35.0 Å². The first-order chi connectivity index (χ1) is 12.5. The van der Waals surface area contributed by atoms with Crippen LogP contribution in [0.2, 0.25) is 0 Å². The van der Waals surface area contributed by atoms with Crippen LogP contribution < -0.4 is 15.1 Å². The summed E-state index contributed by atoms with van der Waals surface area (Å²) in [4.78, 5) is 39.2. The molecule has 2 amide bonds. The summed E-state index contributed by atoms with van der Waals surface area (Å²) in [7, 11) is 4.15. The molecule has 3 rings (SSSR count). The Morgan fingerprint density at radius 3 is 2.62 bits per heavy atom. The molecule has 0 bridgehead atoms. The van der Waals surface area contributed by atoms with Gasteiger partial charge in [-0.2, -0.15) is 0 Å². The van der Waals surface area contributed by atoms with Crippen LogP contribution in [0.5, 0.6) is 0 Å². The Hall–Kier alpha value is -3.07. The van der Waals surface area contributed by atoms with Gasteiger partial charge in [-0.3, -0.25) is 4.90 Å². The molecule has 0 aromatic heterocycles. The second kappa shape index (κ2) is 7.04. The van der Waals surface area contributed by atoms with Crippen LogP contribution in [0.4, 0.5) is 16.2 Å². The first kappa shape index (κ1) is 17.7. The fourth-order valence-corrected chi connectivity index (χ4v) is 2.95. The first-order valence-electron chi connectivity index (χ1n) is 7.87. The quantitative estimate of drug-likeness (QED) is 0.793. The number of carbonyl (C=O) groups is 3. The summed E-state index contributed by atoms with van der Waals surface area (Å²) in [6.07, 6.45) is 0. The van der Waals surface area contributed by atoms with E-state index in [1.54, 1.807) is 24.1 Å². The molecular weight excluding hydrogens is 342 g/mol. The minimum absolute atomic E-state index is 0.0443. The van der Waals surface area contributed by atoms with Gasteiger partial charge in [-0.05, 0) is 23.8 Å². The Morgan fingerprint density at radius 2 is 1.92 bits per heavy atom. The third-order valence-electron chi connectivity index (χ3n) is 4.30. The second-order valence-corrected chi connectivity index (χ2v) is 5.75. The maximum Gasteiger partial charge on any atom is 0.355 e. The summed E-state index contributed by atoms with van der Waals surface area (Å²) in [5, 5.41) is 2.76. The highest BCUT2D eigenvalue weighted by Crippen LogP contribution is 2.32. The first-order valence-corrected chi connectivity index (χ1v) is 7.87. The van der Waals surface area contributed by atoms with Crippen LogP contribution in [-0.4, -0.2) is 52.6 Å². The molecule has 0 atom stereocenters. The predicted octanol–water partition coefficient (Wildman–Crippen LogP) is 0.740. The van der Waals surface area contributed by atoms with E-state index >= 15 is 0 Å². The van der Waals surface area contributed by atoms with Gasteiger partial charge in [0.05, 0.1) is 32.1 Å². The molecule has 0 radical (unpaired) electrons. The van der Waals surface area contributed by atoms with Crippen LogP contribution in [-0.2, 0) is 30.3 Å². The molecule has 2 aliphatic heterocycles. The van der Waals surface area contributed by atoms with Crippen molar-refractivity contribution < 1.29 is 28.6 Å². The molecule has 0 fully saturated rings. The smallest absolute Gasteiger partial charge is 0.355 e. The van der Waals surface area contributed by atoms with E-state index in [9.17, 15) is 14.4 Å². The zero-order chi connectivity index (χ0) is 18.8. The minimum Gasteiger partial charge on any atom is -0.466 e. The Labute approximate surface area is 150 Å². The van der Waals surface area contributed by atoms with E-state index in [-0.39, 0.29) is 30.6 Å². The van der Waals surface area contributed by atoms with Crippen molar-refractivity contribution >= 4 is 29.3 Å². The predicted molar refractivity (Wildman–Crippen MR) is 91.4 cm³/mol. The number of amides is 2. The molecule has 26 heavy (non-hydrogen) atoms. The van der Waals surface area contributed by atoms with Crippen molar-refractivity contribution in [3.63, 3.8) is 0 Å². The maximum atomic E-state index is 12.3. The minimum atomic E-state index is -0.656. The lowest BCUT2D eigenvalue weighted by molar-refractivity contribution is -0.140. The van der Waals surface area contributed by atoms with Gasteiger partial charge in [0.2, 0.25) is 0 Å². The van der Waals surface area contributed by atoms with Gasteiger partial charge >= 0.3 is 18.0 Å². The molecule has 138 valence electrons. The van der Waals surface area contributed by atoms with Crippen molar-refractivity contribution in [2.75, 3.05) is 44.4 Å². The largest absolute Gasteiger partial charge is 0.466 e. The van der Waals surface area contributed by atoms with Crippen LogP contribution in [0.15, 0.2) is 29.5 Å². The highest BCUT2D eigenvalue weighted by molar-refractivity contribution is 6.03. The molecule has 0 saturated carbocycles. The van der Waals surface area contributed by atoms with Gasteiger partial charge in [-0.1, -0.05) is 0 Å². The van der Waals surface area contributed by atoms with Gasteiger partial charge < -0.3 is 24.4 Å². The van der Waals surface area contributed by atoms with E-state index in [1.807, 2.05) is 6.07 Å². The average Bonchev–Trinajstić information content (AvgIpc) is 2.68. The second-order valence-electron chi connectivity index (χ2n) is 5.75. The molecule has 9 heteroatoms. The third-order valence-corrected chi connectivity index (χ3v) is 4.30. The number of esters is 2. The van der Waals surface area contributed by atoms with Gasteiger partial charge in [-0.25, -0.2) is 14.4 Å². The van der Waals surface area contributed by atoms with E-state index in [0.717, 1.165) is 11.3 Å². The van der Waals surface area contributed by atoms with Crippen molar-refractivity contribution in [2.45, 2.75) is 6.54 Å². The monoisotopic (exact) mass is 361 g/mol. The average molecular weight is 361 g/mol. The number of urea groups is 1. The Bertz CT molecular complexity index is 804. The Morgan fingerprint density at radius 1 is 1.19 bits per heavy atom. The molecule has 1 N–H and O–H groups in total. The number of carbonyl (C=O) groups excluding carboxylic acids is 3. The standard InChI is InChI=1S/C17H19N3O6/c1-19-13-5-4-11(6-10(13)7-18-17(19)23)20-9-26-8-12(15(21)24-2)14(20)16(22)25-3/h4-6H,7-9H2,1-3H3,(H,18,23). The summed E-state index contributed by atoms with van der Waals surface area (Å²) >= 11 is 0. The van der Waals surface area contributed by atoms with Gasteiger partial charge in [0.25, 0.3) is 0 Å². The van der Waals surface area contributed by atoms with Crippen LogP contribution in [0.1, 0.15) is 5.56 Å². The zero-order valence-electron chi connectivity index (χ0n) is 14.7. The number of rotatable bonds is 3. The van der Waals surface area contributed by atoms with E-state index in [1.165, 1.54) is 19.1 Å². The topological polar surface area (TPSA) is 97.4 Å². The molecular formula is C17H19N3O6. The number of benzene rings is 1. The van der Waals surface area contributed by atoms with Crippen LogP contribution >= 0.6 is 0 Å². The Balaban J connectivity index is 2.05. The lowest BCUT2D eigenvalue weighted by Crippen LogP contribution is -2.42. The number of hydrogen-bond acceptors (Lipinski definition) is 7. The number of anilines is 2. The number of ether oxygens (including phenoxy) is 3. The van der Waals surface area contributed by atoms with Gasteiger partial charge in [-0.15, -0.1) is 0 Å². The number of methoxy groups -OCH3 is 2. The lowest BCUT2D eigenvalue weighted by Gasteiger charge is -2.33. The lowest BCUT2D eigenvalue weighted by atomic mass is 10.1. The van der Waals surface area contributed by atoms with Gasteiger partial charge in [0, 0.05) is 19.3 Å². The van der Waals surface area contributed by atoms with Crippen LogP contribution in [0, 0.1) is 0 Å². The number of fused-ring (bicyclic) bond motifs is 1. The molecule has 0 aliphatic carbocycles. The fraction of sp³-hybridized carbons (Fsp3) is 0.353. The van der Waals surface area contributed by atoms with E-state index in [2.05, 4.69) is 5.32 Å². The summed E-state index contributed by atoms with van der Waals surface area (Å²) in [5.74, 6) is -1.31. The van der Waals surface area contributed by atoms with E-state index in [0.29, 0.717) is 12.2 Å². The molecule has 0 saturated heterocycles. The summed E-state index contributed by atoms with van der Waals surface area (Å²) in [5.41, 5.74) is 2.45. The van der Waals surface area contributed by atoms with Crippen LogP contribution in [0.3, 0.4) is 0 Å². The summed E-state index contributed by atoms with van der Waals surface area (Å²) in [6, 6.07) is 5.18.